The fourth-order valence-electron chi connectivity index (χ4n) is 2.16. The van der Waals surface area contributed by atoms with Gasteiger partial charge in [-0.05, 0) is 35.9 Å². The molecule has 1 aromatic heterocycles. The van der Waals surface area contributed by atoms with Crippen molar-refractivity contribution in [3.05, 3.63) is 69.8 Å². The maximum absolute atomic E-state index is 13.6. The van der Waals surface area contributed by atoms with Crippen LogP contribution >= 0.6 is 22.9 Å². The first-order chi connectivity index (χ1) is 11.5. The number of hydrogen-bond donors (Lipinski definition) is 2. The van der Waals surface area contributed by atoms with Crippen molar-refractivity contribution in [2.45, 2.75) is 6.42 Å². The van der Waals surface area contributed by atoms with E-state index in [2.05, 4.69) is 10.9 Å². The molecule has 3 rings (SSSR count). The van der Waals surface area contributed by atoms with Crippen LogP contribution < -0.4 is 10.9 Å². The molecule has 4 nitrogen and oxygen atoms in total. The number of nitrogens with one attached hydrogen (secondary N) is 2. The van der Waals surface area contributed by atoms with Gasteiger partial charge in [-0.1, -0.05) is 29.8 Å². The Morgan fingerprint density at radius 1 is 1.08 bits per heavy atom. The van der Waals surface area contributed by atoms with Crippen molar-refractivity contribution in [1.82, 2.24) is 10.9 Å². The van der Waals surface area contributed by atoms with E-state index >= 15 is 0 Å². The van der Waals surface area contributed by atoms with Crippen molar-refractivity contribution in [3.63, 3.8) is 0 Å². The largest absolute Gasteiger partial charge is 0.279 e. The van der Waals surface area contributed by atoms with Crippen molar-refractivity contribution >= 4 is 44.8 Å². The van der Waals surface area contributed by atoms with Gasteiger partial charge in [0.25, 0.3) is 5.91 Å². The number of rotatable bonds is 3. The Morgan fingerprint density at radius 3 is 2.54 bits per heavy atom. The van der Waals surface area contributed by atoms with Crippen LogP contribution in [0, 0.1) is 5.82 Å². The lowest BCUT2D eigenvalue weighted by Gasteiger charge is -2.06. The van der Waals surface area contributed by atoms with Crippen LogP contribution in [0.2, 0.25) is 5.02 Å². The summed E-state index contributed by atoms with van der Waals surface area (Å²) in [5.74, 6) is -1.23. The topological polar surface area (TPSA) is 58.2 Å². The summed E-state index contributed by atoms with van der Waals surface area (Å²) in [6, 6.07) is 13.0. The average molecular weight is 363 g/mol. The number of fused-ring (bicyclic) bond motifs is 1. The maximum atomic E-state index is 13.6. The highest BCUT2D eigenvalue weighted by Crippen LogP contribution is 2.27. The second kappa shape index (κ2) is 6.98. The van der Waals surface area contributed by atoms with E-state index in [4.69, 9.17) is 11.6 Å². The fourth-order valence-corrected chi connectivity index (χ4v) is 3.25. The first kappa shape index (κ1) is 16.4. The van der Waals surface area contributed by atoms with Gasteiger partial charge in [-0.25, -0.2) is 4.39 Å². The molecule has 0 aliphatic heterocycles. The van der Waals surface area contributed by atoms with Gasteiger partial charge in [0.1, 0.15) is 5.82 Å². The van der Waals surface area contributed by atoms with Gasteiger partial charge < -0.3 is 0 Å². The minimum Gasteiger partial charge on any atom is -0.273 e. The molecule has 0 bridgehead atoms. The molecule has 24 heavy (non-hydrogen) atoms. The summed E-state index contributed by atoms with van der Waals surface area (Å²) in [6.07, 6.45) is 0.110. The van der Waals surface area contributed by atoms with Crippen LogP contribution in [0.3, 0.4) is 0 Å². The molecule has 0 aliphatic carbocycles. The minimum atomic E-state index is -0.486. The maximum Gasteiger partial charge on any atom is 0.279 e. The summed E-state index contributed by atoms with van der Waals surface area (Å²) in [4.78, 5) is 24.2. The number of carbonyl (C=O) groups excluding carboxylic acids is 2. The summed E-state index contributed by atoms with van der Waals surface area (Å²) in [6.45, 7) is 0. The summed E-state index contributed by atoms with van der Waals surface area (Å²) >= 11 is 6.94. The molecule has 0 spiro atoms. The van der Waals surface area contributed by atoms with Crippen LogP contribution in [-0.4, -0.2) is 11.8 Å². The molecule has 0 saturated carbocycles. The Labute approximate surface area is 146 Å². The lowest BCUT2D eigenvalue weighted by Crippen LogP contribution is -2.42. The third kappa shape index (κ3) is 3.72. The highest BCUT2D eigenvalue weighted by Gasteiger charge is 2.13. The smallest absolute Gasteiger partial charge is 0.273 e. The predicted octanol–water partition coefficient (Wildman–Crippen LogP) is 3.70. The van der Waals surface area contributed by atoms with E-state index in [0.717, 1.165) is 16.9 Å². The highest BCUT2D eigenvalue weighted by molar-refractivity contribution is 7.20. The van der Waals surface area contributed by atoms with E-state index in [0.29, 0.717) is 20.0 Å². The molecule has 7 heteroatoms. The minimum absolute atomic E-state index is 0.110. The highest BCUT2D eigenvalue weighted by atomic mass is 35.5. The van der Waals surface area contributed by atoms with E-state index in [1.54, 1.807) is 36.4 Å². The van der Waals surface area contributed by atoms with Crippen LogP contribution in [0.1, 0.15) is 15.2 Å². The Kier molecular flexibility index (Phi) is 4.78. The molecule has 2 aromatic carbocycles. The second-order valence-corrected chi connectivity index (χ2v) is 6.59. The second-order valence-electron chi connectivity index (χ2n) is 5.07. The van der Waals surface area contributed by atoms with Crippen molar-refractivity contribution in [3.8, 4) is 0 Å². The van der Waals surface area contributed by atoms with Gasteiger partial charge in [-0.3, -0.25) is 20.4 Å². The Balaban J connectivity index is 1.60. The van der Waals surface area contributed by atoms with Gasteiger partial charge in [-0.15, -0.1) is 11.3 Å². The molecule has 2 N–H and O–H groups in total. The number of benzene rings is 2. The molecular formula is C17H12ClFN2O2S. The number of carbonyl (C=O) groups is 2. The monoisotopic (exact) mass is 362 g/mol. The standard InChI is InChI=1S/C17H12ClFN2O2S/c18-11-6-4-10(5-7-11)8-16(22)20-21-17(23)15-9-12-13(19)2-1-3-14(12)24-15/h1-7,9H,8H2,(H,20,22)(H,21,23). The van der Waals surface area contributed by atoms with Crippen LogP contribution in [-0.2, 0) is 11.2 Å². The van der Waals surface area contributed by atoms with Gasteiger partial charge >= 0.3 is 0 Å². The molecule has 2 amide bonds. The lowest BCUT2D eigenvalue weighted by atomic mass is 10.1. The number of amides is 2. The molecule has 0 radical (unpaired) electrons. The molecule has 122 valence electrons. The van der Waals surface area contributed by atoms with E-state index in [-0.39, 0.29) is 18.1 Å². The van der Waals surface area contributed by atoms with Crippen molar-refractivity contribution in [2.75, 3.05) is 0 Å². The van der Waals surface area contributed by atoms with Gasteiger partial charge in [0.05, 0.1) is 11.3 Å². The lowest BCUT2D eigenvalue weighted by molar-refractivity contribution is -0.121. The van der Waals surface area contributed by atoms with Crippen LogP contribution in [0.15, 0.2) is 48.5 Å². The zero-order valence-corrected chi connectivity index (χ0v) is 13.9. The average Bonchev–Trinajstić information content (AvgIpc) is 3.00. The Morgan fingerprint density at radius 2 is 1.83 bits per heavy atom. The van der Waals surface area contributed by atoms with E-state index in [1.807, 2.05) is 0 Å². The summed E-state index contributed by atoms with van der Waals surface area (Å²) in [5.41, 5.74) is 5.45. The molecule has 1 heterocycles. The Bertz CT molecular complexity index is 909. The fraction of sp³-hybridized carbons (Fsp3) is 0.0588. The summed E-state index contributed by atoms with van der Waals surface area (Å²) < 4.78 is 14.3. The van der Waals surface area contributed by atoms with Gasteiger partial charge in [-0.2, -0.15) is 0 Å². The Hall–Kier alpha value is -2.44. The zero-order chi connectivity index (χ0) is 17.1. The number of halogens is 2. The zero-order valence-electron chi connectivity index (χ0n) is 12.3. The molecule has 0 atom stereocenters. The van der Waals surface area contributed by atoms with Crippen LogP contribution in [0.4, 0.5) is 4.39 Å². The third-order valence-electron chi connectivity index (χ3n) is 3.33. The van der Waals surface area contributed by atoms with Crippen LogP contribution in [0.25, 0.3) is 10.1 Å². The molecule has 0 aliphatic rings. The quantitative estimate of drug-likeness (QED) is 0.698. The van der Waals surface area contributed by atoms with Crippen molar-refractivity contribution in [2.24, 2.45) is 0 Å². The summed E-state index contributed by atoms with van der Waals surface area (Å²) in [5, 5.41) is 0.976. The number of thiophene rings is 1. The van der Waals surface area contributed by atoms with Gasteiger partial charge in [0, 0.05) is 15.1 Å². The van der Waals surface area contributed by atoms with Gasteiger partial charge in [0.15, 0.2) is 0 Å². The first-order valence-electron chi connectivity index (χ1n) is 7.04. The van der Waals surface area contributed by atoms with E-state index in [1.165, 1.54) is 12.1 Å². The van der Waals surface area contributed by atoms with Crippen molar-refractivity contribution in [1.29, 1.82) is 0 Å². The first-order valence-corrected chi connectivity index (χ1v) is 8.24. The number of hydrogen-bond acceptors (Lipinski definition) is 3. The van der Waals surface area contributed by atoms with E-state index < -0.39 is 5.91 Å². The number of hydrazine groups is 1. The van der Waals surface area contributed by atoms with Crippen LogP contribution in [0.5, 0.6) is 0 Å². The van der Waals surface area contributed by atoms with Gasteiger partial charge in [0.2, 0.25) is 5.91 Å². The molecule has 0 fully saturated rings. The summed E-state index contributed by atoms with van der Waals surface area (Å²) in [7, 11) is 0. The predicted molar refractivity (Wildman–Crippen MR) is 92.5 cm³/mol. The normalized spacial score (nSPS) is 10.6. The molecule has 3 aromatic rings. The molecular weight excluding hydrogens is 351 g/mol. The SMILES string of the molecule is O=C(Cc1ccc(Cl)cc1)NNC(=O)c1cc2c(F)cccc2s1. The van der Waals surface area contributed by atoms with E-state index in [9.17, 15) is 14.0 Å². The molecule has 0 unspecified atom stereocenters. The molecule has 0 saturated heterocycles. The third-order valence-corrected chi connectivity index (χ3v) is 4.68. The van der Waals surface area contributed by atoms with Crippen molar-refractivity contribution < 1.29 is 14.0 Å².